The van der Waals surface area contributed by atoms with Gasteiger partial charge in [0.1, 0.15) is 11.6 Å². The van der Waals surface area contributed by atoms with Gasteiger partial charge in [0.2, 0.25) is 10.0 Å². The maximum atomic E-state index is 14.1. The number of para-hydroxylation sites is 1. The minimum Gasteiger partial charge on any atom is -0.346 e. The molecule has 0 spiro atoms. The van der Waals surface area contributed by atoms with Crippen LogP contribution in [-0.2, 0) is 16.6 Å². The van der Waals surface area contributed by atoms with E-state index in [1.54, 1.807) is 49.4 Å². The smallest absolute Gasteiger partial charge is 0.251 e. The topological polar surface area (TPSA) is 66.5 Å². The largest absolute Gasteiger partial charge is 0.346 e. The monoisotopic (exact) mass is 444 g/mol. The second-order valence-corrected chi connectivity index (χ2v) is 9.07. The third-order valence-corrected chi connectivity index (χ3v) is 5.91. The Bertz CT molecular complexity index is 1160. The van der Waals surface area contributed by atoms with Gasteiger partial charge in [0.25, 0.3) is 5.91 Å². The van der Waals surface area contributed by atoms with E-state index in [0.29, 0.717) is 11.1 Å². The molecule has 5 nitrogen and oxygen atoms in total. The van der Waals surface area contributed by atoms with Crippen LogP contribution in [0.15, 0.2) is 72.8 Å². The van der Waals surface area contributed by atoms with Crippen LogP contribution in [-0.4, -0.2) is 20.6 Å². The number of hydrogen-bond acceptors (Lipinski definition) is 3. The van der Waals surface area contributed by atoms with E-state index in [4.69, 9.17) is 0 Å². The van der Waals surface area contributed by atoms with Gasteiger partial charge in [-0.3, -0.25) is 9.10 Å². The van der Waals surface area contributed by atoms with Gasteiger partial charge in [-0.25, -0.2) is 17.2 Å². The molecule has 0 saturated carbocycles. The zero-order chi connectivity index (χ0) is 22.6. The Hall–Kier alpha value is -3.26. The molecule has 1 N–H and O–H groups in total. The molecule has 0 bridgehead atoms. The van der Waals surface area contributed by atoms with Gasteiger partial charge in [-0.2, -0.15) is 0 Å². The van der Waals surface area contributed by atoms with Gasteiger partial charge in [0, 0.05) is 5.56 Å². The van der Waals surface area contributed by atoms with Gasteiger partial charge in [0.15, 0.2) is 0 Å². The second kappa shape index (κ2) is 9.26. The number of nitrogens with zero attached hydrogens (tertiary/aromatic N) is 1. The fraction of sp³-hybridized carbons (Fsp3) is 0.174. The molecule has 162 valence electrons. The highest BCUT2D eigenvalue weighted by Gasteiger charge is 2.21. The van der Waals surface area contributed by atoms with Crippen LogP contribution in [0.3, 0.4) is 0 Å². The first-order valence-electron chi connectivity index (χ1n) is 9.52. The van der Waals surface area contributed by atoms with Crippen LogP contribution in [0.25, 0.3) is 0 Å². The van der Waals surface area contributed by atoms with Crippen molar-refractivity contribution in [3.8, 4) is 0 Å². The molecular weight excluding hydrogens is 422 g/mol. The predicted octanol–water partition coefficient (Wildman–Crippen LogP) is 4.42. The number of amides is 1. The second-order valence-electron chi connectivity index (χ2n) is 7.16. The fourth-order valence-corrected chi connectivity index (χ4v) is 3.97. The molecule has 0 saturated heterocycles. The number of anilines is 1. The fourth-order valence-electron chi connectivity index (χ4n) is 3.08. The lowest BCUT2D eigenvalue weighted by molar-refractivity contribution is 0.0940. The summed E-state index contributed by atoms with van der Waals surface area (Å²) in [6.45, 7) is 1.71. The van der Waals surface area contributed by atoms with Crippen LogP contribution in [0.2, 0.25) is 0 Å². The van der Waals surface area contributed by atoms with E-state index in [1.165, 1.54) is 30.3 Å². The quantitative estimate of drug-likeness (QED) is 0.587. The van der Waals surface area contributed by atoms with Crippen molar-refractivity contribution in [3.05, 3.63) is 101 Å². The molecule has 0 fully saturated rings. The molecule has 0 aromatic heterocycles. The average molecular weight is 445 g/mol. The lowest BCUT2D eigenvalue weighted by Crippen LogP contribution is -2.30. The molecule has 3 aromatic rings. The highest BCUT2D eigenvalue weighted by atomic mass is 32.2. The number of sulfonamides is 1. The molecule has 0 heterocycles. The zero-order valence-corrected chi connectivity index (χ0v) is 17.9. The molecule has 1 amide bonds. The van der Waals surface area contributed by atoms with Gasteiger partial charge in [0.05, 0.1) is 24.5 Å². The van der Waals surface area contributed by atoms with Gasteiger partial charge in [-0.1, -0.05) is 36.4 Å². The minimum absolute atomic E-state index is 0.0417. The molecule has 0 aliphatic heterocycles. The number of benzene rings is 3. The third kappa shape index (κ3) is 5.67. The molecule has 0 unspecified atom stereocenters. The summed E-state index contributed by atoms with van der Waals surface area (Å²) in [5.41, 5.74) is 1.70. The highest BCUT2D eigenvalue weighted by molar-refractivity contribution is 7.92. The van der Waals surface area contributed by atoms with Crippen molar-refractivity contribution in [3.63, 3.8) is 0 Å². The van der Waals surface area contributed by atoms with Gasteiger partial charge >= 0.3 is 0 Å². The Morgan fingerprint density at radius 1 is 0.968 bits per heavy atom. The lowest BCUT2D eigenvalue weighted by Gasteiger charge is -2.23. The van der Waals surface area contributed by atoms with Crippen LogP contribution in [0.1, 0.15) is 34.5 Å². The van der Waals surface area contributed by atoms with Crippen molar-refractivity contribution in [2.45, 2.75) is 19.5 Å². The molecule has 0 radical (unpaired) electrons. The van der Waals surface area contributed by atoms with Gasteiger partial charge < -0.3 is 5.32 Å². The highest BCUT2D eigenvalue weighted by Crippen LogP contribution is 2.24. The van der Waals surface area contributed by atoms with E-state index in [1.807, 2.05) is 0 Å². The number of nitrogens with one attached hydrogen (secondary N) is 1. The molecule has 0 aliphatic rings. The normalized spacial score (nSPS) is 12.3. The molecule has 31 heavy (non-hydrogen) atoms. The number of carbonyl (C=O) groups is 1. The maximum Gasteiger partial charge on any atom is 0.251 e. The minimum atomic E-state index is -3.73. The molecule has 1 atom stereocenters. The Morgan fingerprint density at radius 2 is 1.58 bits per heavy atom. The summed E-state index contributed by atoms with van der Waals surface area (Å²) in [5, 5.41) is 2.83. The van der Waals surface area contributed by atoms with Gasteiger partial charge in [-0.15, -0.1) is 0 Å². The Balaban J connectivity index is 1.73. The first-order chi connectivity index (χ1) is 14.6. The SMILES string of the molecule is C[C@@H](NC(=O)c1ccc(CN(c2ccccc2F)S(C)(=O)=O)cc1)c1ccc(F)cc1. The summed E-state index contributed by atoms with van der Waals surface area (Å²) in [6, 6.07) is 17.6. The summed E-state index contributed by atoms with van der Waals surface area (Å²) < 4.78 is 52.6. The van der Waals surface area contributed by atoms with Gasteiger partial charge in [-0.05, 0) is 54.4 Å². The molecule has 0 aliphatic carbocycles. The number of rotatable bonds is 7. The Morgan fingerprint density at radius 3 is 2.16 bits per heavy atom. The number of halogens is 2. The van der Waals surface area contributed by atoms with Crippen LogP contribution < -0.4 is 9.62 Å². The van der Waals surface area contributed by atoms with Crippen LogP contribution in [0.4, 0.5) is 14.5 Å². The Kier molecular flexibility index (Phi) is 6.70. The standard InChI is InChI=1S/C23H22F2N2O3S/c1-16(18-11-13-20(24)14-12-18)26-23(28)19-9-7-17(8-10-19)15-27(31(2,29)30)22-6-4-3-5-21(22)25/h3-14,16H,15H2,1-2H3,(H,26,28)/t16-/m1/s1. The Labute approximate surface area is 180 Å². The summed E-state index contributed by atoms with van der Waals surface area (Å²) >= 11 is 0. The molecule has 8 heteroatoms. The van der Waals surface area contributed by atoms with Crippen LogP contribution in [0.5, 0.6) is 0 Å². The van der Waals surface area contributed by atoms with Crippen molar-refractivity contribution in [1.29, 1.82) is 0 Å². The van der Waals surface area contributed by atoms with E-state index < -0.39 is 15.8 Å². The zero-order valence-electron chi connectivity index (χ0n) is 17.0. The maximum absolute atomic E-state index is 14.1. The van der Waals surface area contributed by atoms with E-state index in [9.17, 15) is 22.0 Å². The van der Waals surface area contributed by atoms with Crippen LogP contribution >= 0.6 is 0 Å². The van der Waals surface area contributed by atoms with Crippen molar-refractivity contribution >= 4 is 21.6 Å². The van der Waals surface area contributed by atoms with E-state index >= 15 is 0 Å². The first kappa shape index (κ1) is 22.4. The lowest BCUT2D eigenvalue weighted by atomic mass is 10.1. The summed E-state index contributed by atoms with van der Waals surface area (Å²) in [6.07, 6.45) is 1.01. The van der Waals surface area contributed by atoms with E-state index in [2.05, 4.69) is 5.32 Å². The average Bonchev–Trinajstić information content (AvgIpc) is 2.72. The summed E-state index contributed by atoms with van der Waals surface area (Å²) in [7, 11) is -3.73. The van der Waals surface area contributed by atoms with Crippen molar-refractivity contribution in [2.75, 3.05) is 10.6 Å². The van der Waals surface area contributed by atoms with E-state index in [-0.39, 0.29) is 30.0 Å². The molecule has 3 rings (SSSR count). The van der Waals surface area contributed by atoms with Crippen molar-refractivity contribution in [2.24, 2.45) is 0 Å². The number of hydrogen-bond donors (Lipinski definition) is 1. The summed E-state index contributed by atoms with van der Waals surface area (Å²) in [4.78, 5) is 12.5. The first-order valence-corrected chi connectivity index (χ1v) is 11.4. The third-order valence-electron chi connectivity index (χ3n) is 4.78. The van der Waals surface area contributed by atoms with Crippen LogP contribution in [0, 0.1) is 11.6 Å². The predicted molar refractivity (Wildman–Crippen MR) is 116 cm³/mol. The molecule has 3 aromatic carbocycles. The van der Waals surface area contributed by atoms with Crippen molar-refractivity contribution < 1.29 is 22.0 Å². The summed E-state index contributed by atoms with van der Waals surface area (Å²) in [5.74, 6) is -1.31. The van der Waals surface area contributed by atoms with E-state index in [0.717, 1.165) is 16.1 Å². The molecular formula is C23H22F2N2O3S. The van der Waals surface area contributed by atoms with Crippen molar-refractivity contribution in [1.82, 2.24) is 5.32 Å². The number of carbonyl (C=O) groups excluding carboxylic acids is 1.